The summed E-state index contributed by atoms with van der Waals surface area (Å²) in [7, 11) is 1.56. The summed E-state index contributed by atoms with van der Waals surface area (Å²) < 4.78 is 8.50. The molecule has 0 saturated carbocycles. The summed E-state index contributed by atoms with van der Waals surface area (Å²) in [5, 5.41) is 1.78. The zero-order valence-corrected chi connectivity index (χ0v) is 18.9. The van der Waals surface area contributed by atoms with Crippen molar-refractivity contribution in [3.63, 3.8) is 0 Å². The van der Waals surface area contributed by atoms with Crippen LogP contribution < -0.4 is 16.0 Å². The number of thiophene rings is 1. The molecule has 164 valence electrons. The average Bonchev–Trinajstić information content (AvgIpc) is 3.23. The molecule has 3 aromatic rings. The summed E-state index contributed by atoms with van der Waals surface area (Å²) in [6.45, 7) is 5.70. The second-order valence-electron chi connectivity index (χ2n) is 8.45. The Balaban J connectivity index is 1.74. The van der Waals surface area contributed by atoms with Crippen molar-refractivity contribution >= 4 is 27.5 Å². The highest BCUT2D eigenvalue weighted by atomic mass is 32.1. The number of aromatic nitrogens is 2. The number of carbonyl (C=O) groups is 1. The zero-order chi connectivity index (χ0) is 22.1. The molecule has 0 bridgehead atoms. The lowest BCUT2D eigenvalue weighted by Crippen LogP contribution is -2.47. The molecule has 0 N–H and O–H groups in total. The minimum Gasteiger partial charge on any atom is -0.496 e. The second-order valence-corrected chi connectivity index (χ2v) is 9.37. The first-order valence-electron chi connectivity index (χ1n) is 10.5. The Hall–Kier alpha value is -2.87. The lowest BCUT2D eigenvalue weighted by atomic mass is 9.92. The van der Waals surface area contributed by atoms with Crippen LogP contribution in [0.25, 0.3) is 10.2 Å². The number of methoxy groups -OCH3 is 1. The average molecular weight is 442 g/mol. The third-order valence-corrected chi connectivity index (χ3v) is 6.76. The molecule has 0 radical (unpaired) electrons. The topological polar surface area (TPSA) is 73.5 Å². The SMILES string of the molecule is COc1ccccc1Cn1c(=O)c2sccc2n(CC(=O)N2C[C@H](C)C[C@H](C)C2)c1=O. The van der Waals surface area contributed by atoms with Crippen LogP contribution in [0.3, 0.4) is 0 Å². The van der Waals surface area contributed by atoms with Crippen molar-refractivity contribution in [1.82, 2.24) is 14.0 Å². The van der Waals surface area contributed by atoms with Crippen molar-refractivity contribution in [1.29, 1.82) is 0 Å². The molecule has 8 heteroatoms. The maximum atomic E-state index is 13.4. The molecule has 3 heterocycles. The standard InChI is InChI=1S/C23H27N3O4S/c1-15-10-16(2)12-24(11-15)20(27)14-25-18-8-9-31-21(18)22(28)26(23(25)29)13-17-6-4-5-7-19(17)30-3/h4-9,15-16H,10-14H2,1-3H3/t15-,16+. The van der Waals surface area contributed by atoms with Gasteiger partial charge in [0.1, 0.15) is 17.0 Å². The fraction of sp³-hybridized carbons (Fsp3) is 0.435. The van der Waals surface area contributed by atoms with Gasteiger partial charge in [-0.2, -0.15) is 0 Å². The first-order valence-corrected chi connectivity index (χ1v) is 11.4. The van der Waals surface area contributed by atoms with Gasteiger partial charge in [0.2, 0.25) is 5.91 Å². The molecule has 1 amide bonds. The van der Waals surface area contributed by atoms with Gasteiger partial charge in [0.25, 0.3) is 5.56 Å². The normalized spacial score (nSPS) is 19.0. The Bertz CT molecular complexity index is 1220. The van der Waals surface area contributed by atoms with Crippen LogP contribution in [0.15, 0.2) is 45.3 Å². The number of hydrogen-bond acceptors (Lipinski definition) is 5. The summed E-state index contributed by atoms with van der Waals surface area (Å²) in [4.78, 5) is 41.4. The Morgan fingerprint density at radius 1 is 1.10 bits per heavy atom. The van der Waals surface area contributed by atoms with Crippen molar-refractivity contribution < 1.29 is 9.53 Å². The van der Waals surface area contributed by atoms with Crippen molar-refractivity contribution in [2.45, 2.75) is 33.4 Å². The van der Waals surface area contributed by atoms with Gasteiger partial charge < -0.3 is 9.64 Å². The van der Waals surface area contributed by atoms with E-state index in [2.05, 4.69) is 13.8 Å². The minimum atomic E-state index is -0.478. The monoisotopic (exact) mass is 441 g/mol. The van der Waals surface area contributed by atoms with Crippen LogP contribution in [0.4, 0.5) is 0 Å². The van der Waals surface area contributed by atoms with E-state index in [1.165, 1.54) is 20.5 Å². The molecule has 0 spiro atoms. The number of ether oxygens (including phenoxy) is 1. The number of benzene rings is 1. The quantitative estimate of drug-likeness (QED) is 0.610. The molecule has 1 aliphatic heterocycles. The van der Waals surface area contributed by atoms with Crippen LogP contribution in [0.5, 0.6) is 5.75 Å². The van der Waals surface area contributed by atoms with Gasteiger partial charge in [-0.05, 0) is 35.8 Å². The summed E-state index contributed by atoms with van der Waals surface area (Å²) in [5.41, 5.74) is 0.428. The van der Waals surface area contributed by atoms with Crippen LogP contribution in [-0.4, -0.2) is 40.1 Å². The van der Waals surface area contributed by atoms with E-state index in [0.29, 0.717) is 40.9 Å². The van der Waals surface area contributed by atoms with Gasteiger partial charge in [-0.3, -0.25) is 18.7 Å². The lowest BCUT2D eigenvalue weighted by Gasteiger charge is -2.35. The predicted molar refractivity (Wildman–Crippen MR) is 122 cm³/mol. The highest BCUT2D eigenvalue weighted by molar-refractivity contribution is 7.17. The molecule has 4 rings (SSSR count). The van der Waals surface area contributed by atoms with E-state index < -0.39 is 5.69 Å². The number of likely N-dealkylation sites (tertiary alicyclic amines) is 1. The molecule has 7 nitrogen and oxygen atoms in total. The third kappa shape index (κ3) is 4.17. The van der Waals surface area contributed by atoms with Crippen LogP contribution in [-0.2, 0) is 17.9 Å². The van der Waals surface area contributed by atoms with E-state index in [0.717, 1.165) is 12.0 Å². The number of hydrogen-bond donors (Lipinski definition) is 0. The van der Waals surface area contributed by atoms with Crippen molar-refractivity contribution in [3.05, 3.63) is 62.1 Å². The molecule has 1 aliphatic rings. The van der Waals surface area contributed by atoms with Crippen LogP contribution in [0.1, 0.15) is 25.8 Å². The molecule has 0 aliphatic carbocycles. The van der Waals surface area contributed by atoms with E-state index in [4.69, 9.17) is 4.74 Å². The Labute approximate surface area is 184 Å². The first-order chi connectivity index (χ1) is 14.9. The number of fused-ring (bicyclic) bond motifs is 1. The van der Waals surface area contributed by atoms with Crippen LogP contribution in [0.2, 0.25) is 0 Å². The van der Waals surface area contributed by atoms with Crippen molar-refractivity contribution in [2.24, 2.45) is 11.8 Å². The first kappa shape index (κ1) is 21.4. The number of para-hydroxylation sites is 1. The molecule has 31 heavy (non-hydrogen) atoms. The van der Waals surface area contributed by atoms with Gasteiger partial charge in [0, 0.05) is 18.7 Å². The molecule has 2 atom stereocenters. The minimum absolute atomic E-state index is 0.0717. The second kappa shape index (κ2) is 8.70. The number of carbonyl (C=O) groups excluding carboxylic acids is 1. The van der Waals surface area contributed by atoms with Crippen LogP contribution in [0, 0.1) is 11.8 Å². The summed E-state index contributed by atoms with van der Waals surface area (Å²) in [6, 6.07) is 9.05. The molecular weight excluding hydrogens is 414 g/mol. The van der Waals surface area contributed by atoms with Gasteiger partial charge >= 0.3 is 5.69 Å². The highest BCUT2D eigenvalue weighted by Crippen LogP contribution is 2.22. The van der Waals surface area contributed by atoms with Gasteiger partial charge in [-0.1, -0.05) is 32.0 Å². The molecular formula is C23H27N3O4S. The summed E-state index contributed by atoms with van der Waals surface area (Å²) >= 11 is 1.29. The van der Waals surface area contributed by atoms with Crippen molar-refractivity contribution in [2.75, 3.05) is 20.2 Å². The van der Waals surface area contributed by atoms with Gasteiger partial charge in [0.15, 0.2) is 0 Å². The molecule has 1 saturated heterocycles. The fourth-order valence-corrected chi connectivity index (χ4v) is 5.37. The van der Waals surface area contributed by atoms with Gasteiger partial charge in [-0.25, -0.2) is 4.79 Å². The predicted octanol–water partition coefficient (Wildman–Crippen LogP) is 2.79. The van der Waals surface area contributed by atoms with E-state index >= 15 is 0 Å². The van der Waals surface area contributed by atoms with E-state index in [1.54, 1.807) is 24.6 Å². The highest BCUT2D eigenvalue weighted by Gasteiger charge is 2.26. The van der Waals surface area contributed by atoms with Gasteiger partial charge in [0.05, 0.1) is 19.2 Å². The number of nitrogens with zero attached hydrogens (tertiary/aromatic N) is 3. The smallest absolute Gasteiger partial charge is 0.332 e. The third-order valence-electron chi connectivity index (χ3n) is 5.87. The van der Waals surface area contributed by atoms with Gasteiger partial charge in [-0.15, -0.1) is 11.3 Å². The van der Waals surface area contributed by atoms with E-state index in [-0.39, 0.29) is 24.6 Å². The molecule has 1 aromatic carbocycles. The maximum absolute atomic E-state index is 13.4. The number of rotatable bonds is 5. The van der Waals surface area contributed by atoms with E-state index in [9.17, 15) is 14.4 Å². The maximum Gasteiger partial charge on any atom is 0.332 e. The van der Waals surface area contributed by atoms with E-state index in [1.807, 2.05) is 23.1 Å². The molecule has 1 fully saturated rings. The fourth-order valence-electron chi connectivity index (χ4n) is 4.53. The molecule has 0 unspecified atom stereocenters. The largest absolute Gasteiger partial charge is 0.496 e. The Morgan fingerprint density at radius 3 is 2.52 bits per heavy atom. The Kier molecular flexibility index (Phi) is 6.00. The van der Waals surface area contributed by atoms with Crippen LogP contribution >= 0.6 is 11.3 Å². The Morgan fingerprint density at radius 2 is 1.81 bits per heavy atom. The summed E-state index contributed by atoms with van der Waals surface area (Å²) in [6.07, 6.45) is 1.10. The number of amides is 1. The number of piperidine rings is 1. The van der Waals surface area contributed by atoms with Crippen molar-refractivity contribution in [3.8, 4) is 5.75 Å². The zero-order valence-electron chi connectivity index (χ0n) is 18.0. The lowest BCUT2D eigenvalue weighted by molar-refractivity contribution is -0.134. The molecule has 2 aromatic heterocycles. The summed E-state index contributed by atoms with van der Waals surface area (Å²) in [5.74, 6) is 1.39.